The quantitative estimate of drug-likeness (QED) is 0.826. The third kappa shape index (κ3) is 1.40. The van der Waals surface area contributed by atoms with E-state index in [1.165, 1.54) is 4.88 Å². The summed E-state index contributed by atoms with van der Waals surface area (Å²) >= 11 is 1.83. The number of ether oxygens (including phenoxy) is 1. The highest BCUT2D eigenvalue weighted by molar-refractivity contribution is 7.10. The molecule has 3 heteroatoms. The van der Waals surface area contributed by atoms with Gasteiger partial charge in [-0.05, 0) is 23.9 Å². The number of hydrogen-bond acceptors (Lipinski definition) is 3. The van der Waals surface area contributed by atoms with E-state index in [-0.39, 0.29) is 5.41 Å². The Balaban J connectivity index is 2.25. The molecule has 0 radical (unpaired) electrons. The van der Waals surface area contributed by atoms with Gasteiger partial charge in [-0.1, -0.05) is 19.4 Å². The highest BCUT2D eigenvalue weighted by Crippen LogP contribution is 2.42. The summed E-state index contributed by atoms with van der Waals surface area (Å²) in [6.45, 7) is 4.68. The SMILES string of the molecule is CCC(CN)C1(c2cccs2)COC1. The van der Waals surface area contributed by atoms with E-state index in [0.717, 1.165) is 26.2 Å². The van der Waals surface area contributed by atoms with E-state index in [0.29, 0.717) is 5.92 Å². The first-order valence-corrected chi connectivity index (χ1v) is 6.03. The summed E-state index contributed by atoms with van der Waals surface area (Å²) in [6.07, 6.45) is 1.14. The van der Waals surface area contributed by atoms with Gasteiger partial charge in [0.05, 0.1) is 18.6 Å². The van der Waals surface area contributed by atoms with Crippen LogP contribution in [0.15, 0.2) is 17.5 Å². The van der Waals surface area contributed by atoms with E-state index >= 15 is 0 Å². The lowest BCUT2D eigenvalue weighted by molar-refractivity contribution is -0.0878. The second-order valence-electron chi connectivity index (χ2n) is 3.97. The van der Waals surface area contributed by atoms with Gasteiger partial charge in [-0.15, -0.1) is 11.3 Å². The van der Waals surface area contributed by atoms with Crippen molar-refractivity contribution in [2.75, 3.05) is 19.8 Å². The van der Waals surface area contributed by atoms with E-state index in [2.05, 4.69) is 24.4 Å². The van der Waals surface area contributed by atoms with Gasteiger partial charge in [0.15, 0.2) is 0 Å². The Bertz CT molecular complexity index is 275. The van der Waals surface area contributed by atoms with Crippen LogP contribution >= 0.6 is 11.3 Å². The van der Waals surface area contributed by atoms with E-state index in [9.17, 15) is 0 Å². The second-order valence-corrected chi connectivity index (χ2v) is 4.91. The third-order valence-electron chi connectivity index (χ3n) is 3.29. The van der Waals surface area contributed by atoms with Crippen molar-refractivity contribution in [1.29, 1.82) is 0 Å². The molecule has 1 fully saturated rings. The zero-order valence-electron chi connectivity index (χ0n) is 8.53. The fourth-order valence-corrected chi connectivity index (χ4v) is 3.23. The first kappa shape index (κ1) is 10.1. The van der Waals surface area contributed by atoms with Gasteiger partial charge in [0.1, 0.15) is 0 Å². The largest absolute Gasteiger partial charge is 0.379 e. The number of nitrogens with two attached hydrogens (primary N) is 1. The summed E-state index contributed by atoms with van der Waals surface area (Å²) in [7, 11) is 0. The molecule has 2 N–H and O–H groups in total. The molecule has 1 saturated heterocycles. The van der Waals surface area contributed by atoms with Gasteiger partial charge in [-0.2, -0.15) is 0 Å². The monoisotopic (exact) mass is 211 g/mol. The van der Waals surface area contributed by atoms with Crippen molar-refractivity contribution in [2.24, 2.45) is 11.7 Å². The standard InChI is InChI=1S/C11H17NOS/c1-2-9(6-12)11(7-13-8-11)10-4-3-5-14-10/h3-5,9H,2,6-8,12H2,1H3. The summed E-state index contributed by atoms with van der Waals surface area (Å²) in [4.78, 5) is 1.45. The van der Waals surface area contributed by atoms with E-state index in [1.807, 2.05) is 11.3 Å². The van der Waals surface area contributed by atoms with Crippen LogP contribution in [0.1, 0.15) is 18.2 Å². The molecule has 2 rings (SSSR count). The summed E-state index contributed by atoms with van der Waals surface area (Å²) < 4.78 is 5.40. The minimum atomic E-state index is 0.234. The summed E-state index contributed by atoms with van der Waals surface area (Å²) in [5.74, 6) is 0.565. The maximum absolute atomic E-state index is 5.83. The number of hydrogen-bond donors (Lipinski definition) is 1. The number of rotatable bonds is 4. The van der Waals surface area contributed by atoms with Crippen molar-refractivity contribution >= 4 is 11.3 Å². The molecule has 1 aromatic rings. The van der Waals surface area contributed by atoms with Gasteiger partial charge < -0.3 is 10.5 Å². The molecule has 0 bridgehead atoms. The van der Waals surface area contributed by atoms with Crippen molar-refractivity contribution in [3.05, 3.63) is 22.4 Å². The van der Waals surface area contributed by atoms with Gasteiger partial charge in [-0.3, -0.25) is 0 Å². The van der Waals surface area contributed by atoms with Crippen LogP contribution in [-0.2, 0) is 10.2 Å². The van der Waals surface area contributed by atoms with Gasteiger partial charge >= 0.3 is 0 Å². The van der Waals surface area contributed by atoms with Crippen LogP contribution in [0.2, 0.25) is 0 Å². The van der Waals surface area contributed by atoms with Crippen LogP contribution in [0.3, 0.4) is 0 Å². The highest BCUT2D eigenvalue weighted by atomic mass is 32.1. The van der Waals surface area contributed by atoms with Crippen molar-refractivity contribution in [3.63, 3.8) is 0 Å². The van der Waals surface area contributed by atoms with Gasteiger partial charge in [0.2, 0.25) is 0 Å². The van der Waals surface area contributed by atoms with Crippen LogP contribution in [0.5, 0.6) is 0 Å². The fourth-order valence-electron chi connectivity index (χ4n) is 2.25. The molecule has 1 atom stereocenters. The zero-order chi connectivity index (χ0) is 10.0. The number of thiophene rings is 1. The summed E-state index contributed by atoms with van der Waals surface area (Å²) in [5, 5.41) is 2.14. The first-order chi connectivity index (χ1) is 6.83. The Hall–Kier alpha value is -0.380. The zero-order valence-corrected chi connectivity index (χ0v) is 9.35. The molecule has 0 aliphatic carbocycles. The van der Waals surface area contributed by atoms with Crippen LogP contribution < -0.4 is 5.73 Å². The molecule has 1 aliphatic rings. The van der Waals surface area contributed by atoms with Crippen molar-refractivity contribution in [1.82, 2.24) is 0 Å². The topological polar surface area (TPSA) is 35.2 Å². The lowest BCUT2D eigenvalue weighted by atomic mass is 9.71. The molecule has 0 saturated carbocycles. The van der Waals surface area contributed by atoms with Gasteiger partial charge in [-0.25, -0.2) is 0 Å². The summed E-state index contributed by atoms with van der Waals surface area (Å²) in [5.41, 5.74) is 6.07. The maximum atomic E-state index is 5.83. The molecule has 1 unspecified atom stereocenters. The molecule has 14 heavy (non-hydrogen) atoms. The second kappa shape index (κ2) is 4.01. The van der Waals surface area contributed by atoms with Crippen LogP contribution in [0, 0.1) is 5.92 Å². The lowest BCUT2D eigenvalue weighted by Gasteiger charge is -2.46. The van der Waals surface area contributed by atoms with Crippen LogP contribution in [0.4, 0.5) is 0 Å². The summed E-state index contributed by atoms with van der Waals surface area (Å²) in [6, 6.07) is 4.33. The van der Waals surface area contributed by atoms with Gasteiger partial charge in [0, 0.05) is 4.88 Å². The maximum Gasteiger partial charge on any atom is 0.0596 e. The molecule has 78 valence electrons. The Kier molecular flexibility index (Phi) is 2.91. The molecule has 0 aromatic carbocycles. The van der Waals surface area contributed by atoms with Crippen LogP contribution in [-0.4, -0.2) is 19.8 Å². The fraction of sp³-hybridized carbons (Fsp3) is 0.636. The molecular weight excluding hydrogens is 194 g/mol. The Morgan fingerprint density at radius 2 is 2.43 bits per heavy atom. The predicted octanol–water partition coefficient (Wildman–Crippen LogP) is 2.00. The van der Waals surface area contributed by atoms with Crippen LogP contribution in [0.25, 0.3) is 0 Å². The Morgan fingerprint density at radius 1 is 1.64 bits per heavy atom. The van der Waals surface area contributed by atoms with E-state index in [4.69, 9.17) is 10.5 Å². The highest BCUT2D eigenvalue weighted by Gasteiger charge is 2.46. The Morgan fingerprint density at radius 3 is 2.79 bits per heavy atom. The molecule has 1 aliphatic heterocycles. The average Bonchev–Trinajstić information content (AvgIpc) is 2.63. The van der Waals surface area contributed by atoms with Crippen molar-refractivity contribution in [3.8, 4) is 0 Å². The molecule has 2 heterocycles. The minimum absolute atomic E-state index is 0.234. The van der Waals surface area contributed by atoms with Gasteiger partial charge in [0.25, 0.3) is 0 Å². The predicted molar refractivity (Wildman–Crippen MR) is 59.7 cm³/mol. The Labute approximate surface area is 89.1 Å². The lowest BCUT2D eigenvalue weighted by Crippen LogP contribution is -2.53. The molecular formula is C11H17NOS. The average molecular weight is 211 g/mol. The molecule has 0 amide bonds. The molecule has 2 nitrogen and oxygen atoms in total. The third-order valence-corrected chi connectivity index (χ3v) is 4.38. The van der Waals surface area contributed by atoms with Crippen molar-refractivity contribution < 1.29 is 4.74 Å². The molecule has 0 spiro atoms. The van der Waals surface area contributed by atoms with E-state index in [1.54, 1.807) is 0 Å². The minimum Gasteiger partial charge on any atom is -0.379 e. The normalized spacial score (nSPS) is 21.6. The smallest absolute Gasteiger partial charge is 0.0596 e. The first-order valence-electron chi connectivity index (χ1n) is 5.15. The van der Waals surface area contributed by atoms with E-state index < -0.39 is 0 Å². The molecule has 1 aromatic heterocycles. The van der Waals surface area contributed by atoms with Crippen molar-refractivity contribution in [2.45, 2.75) is 18.8 Å².